The summed E-state index contributed by atoms with van der Waals surface area (Å²) < 4.78 is 5.40. The predicted octanol–water partition coefficient (Wildman–Crippen LogP) is 3.06. The van der Waals surface area contributed by atoms with Gasteiger partial charge < -0.3 is 10.1 Å². The highest BCUT2D eigenvalue weighted by molar-refractivity contribution is 5.92. The van der Waals surface area contributed by atoms with Crippen molar-refractivity contribution in [2.24, 2.45) is 5.92 Å². The Morgan fingerprint density at radius 3 is 2.72 bits per heavy atom. The molecule has 0 saturated carbocycles. The molecular weight excluding hydrogens is 226 g/mol. The van der Waals surface area contributed by atoms with E-state index in [4.69, 9.17) is 4.74 Å². The van der Waals surface area contributed by atoms with Crippen LogP contribution >= 0.6 is 0 Å². The molecule has 1 unspecified atom stereocenters. The fourth-order valence-electron chi connectivity index (χ4n) is 2.43. The lowest BCUT2D eigenvalue weighted by molar-refractivity contribution is -0.118. The number of anilines is 1. The van der Waals surface area contributed by atoms with Crippen molar-refractivity contribution in [2.45, 2.75) is 33.1 Å². The molecule has 0 radical (unpaired) electrons. The Bertz CT molecular complexity index is 402. The van der Waals surface area contributed by atoms with Gasteiger partial charge in [-0.3, -0.25) is 4.79 Å². The van der Waals surface area contributed by atoms with E-state index in [1.54, 1.807) is 0 Å². The number of ether oxygens (including phenoxy) is 1. The summed E-state index contributed by atoms with van der Waals surface area (Å²) in [7, 11) is 0. The second-order valence-electron chi connectivity index (χ2n) is 5.10. The van der Waals surface area contributed by atoms with E-state index in [0.29, 0.717) is 12.3 Å². The van der Waals surface area contributed by atoms with Gasteiger partial charge in [-0.1, -0.05) is 18.2 Å². The van der Waals surface area contributed by atoms with Crippen molar-refractivity contribution in [3.05, 3.63) is 29.3 Å². The first-order valence-corrected chi connectivity index (χ1v) is 6.60. The van der Waals surface area contributed by atoms with E-state index in [2.05, 4.69) is 5.32 Å². The minimum Gasteiger partial charge on any atom is -0.381 e. The molecule has 3 heteroatoms. The maximum atomic E-state index is 12.0. The molecule has 1 aliphatic heterocycles. The quantitative estimate of drug-likeness (QED) is 0.891. The Morgan fingerprint density at radius 1 is 1.39 bits per heavy atom. The van der Waals surface area contributed by atoms with Crippen molar-refractivity contribution in [1.82, 2.24) is 0 Å². The van der Waals surface area contributed by atoms with Crippen LogP contribution in [0.25, 0.3) is 0 Å². The van der Waals surface area contributed by atoms with E-state index < -0.39 is 0 Å². The average molecular weight is 247 g/mol. The summed E-state index contributed by atoms with van der Waals surface area (Å²) >= 11 is 0. The fourth-order valence-corrected chi connectivity index (χ4v) is 2.43. The van der Waals surface area contributed by atoms with Crippen LogP contribution in [0.1, 0.15) is 30.4 Å². The van der Waals surface area contributed by atoms with Crippen molar-refractivity contribution < 1.29 is 9.53 Å². The van der Waals surface area contributed by atoms with Gasteiger partial charge in [0.25, 0.3) is 0 Å². The SMILES string of the molecule is Cc1cccc(C)c1NC(=O)CC1CCCOC1. The number of carbonyl (C=O) groups is 1. The van der Waals surface area contributed by atoms with Crippen LogP contribution in [-0.2, 0) is 9.53 Å². The second-order valence-corrected chi connectivity index (χ2v) is 5.10. The van der Waals surface area contributed by atoms with Crippen molar-refractivity contribution in [3.63, 3.8) is 0 Å². The van der Waals surface area contributed by atoms with E-state index in [-0.39, 0.29) is 5.91 Å². The normalized spacial score (nSPS) is 19.6. The van der Waals surface area contributed by atoms with Crippen LogP contribution in [0.2, 0.25) is 0 Å². The Kier molecular flexibility index (Phi) is 4.37. The lowest BCUT2D eigenvalue weighted by Gasteiger charge is -2.21. The standard InChI is InChI=1S/C15H21NO2/c1-11-5-3-6-12(2)15(11)16-14(17)9-13-7-4-8-18-10-13/h3,5-6,13H,4,7-10H2,1-2H3,(H,16,17). The molecule has 1 N–H and O–H groups in total. The van der Waals surface area contributed by atoms with Gasteiger partial charge in [0.2, 0.25) is 5.91 Å². The first-order chi connectivity index (χ1) is 8.66. The molecule has 2 rings (SSSR count). The van der Waals surface area contributed by atoms with Crippen LogP contribution in [0.4, 0.5) is 5.69 Å². The number of hydrogen-bond donors (Lipinski definition) is 1. The predicted molar refractivity (Wildman–Crippen MR) is 72.7 cm³/mol. The largest absolute Gasteiger partial charge is 0.381 e. The molecule has 0 spiro atoms. The van der Waals surface area contributed by atoms with Crippen LogP contribution in [0.3, 0.4) is 0 Å². The third kappa shape index (κ3) is 3.33. The third-order valence-corrected chi connectivity index (χ3v) is 3.47. The molecule has 1 saturated heterocycles. The summed E-state index contributed by atoms with van der Waals surface area (Å²) in [4.78, 5) is 12.0. The summed E-state index contributed by atoms with van der Waals surface area (Å²) in [5.74, 6) is 0.478. The fraction of sp³-hybridized carbons (Fsp3) is 0.533. The van der Waals surface area contributed by atoms with Crippen LogP contribution in [-0.4, -0.2) is 19.1 Å². The molecular formula is C15H21NO2. The Balaban J connectivity index is 1.94. The number of amides is 1. The summed E-state index contributed by atoms with van der Waals surface area (Å²) in [5.41, 5.74) is 3.19. The number of hydrogen-bond acceptors (Lipinski definition) is 2. The zero-order chi connectivity index (χ0) is 13.0. The first kappa shape index (κ1) is 13.1. The van der Waals surface area contributed by atoms with Gasteiger partial charge in [0.1, 0.15) is 0 Å². The highest BCUT2D eigenvalue weighted by Gasteiger charge is 2.18. The summed E-state index contributed by atoms with van der Waals surface area (Å²) in [5, 5.41) is 3.03. The van der Waals surface area contributed by atoms with Gasteiger partial charge in [0.05, 0.1) is 0 Å². The van der Waals surface area contributed by atoms with Gasteiger partial charge in [-0.15, -0.1) is 0 Å². The highest BCUT2D eigenvalue weighted by Crippen LogP contribution is 2.22. The molecule has 1 aromatic rings. The average Bonchev–Trinajstić information content (AvgIpc) is 2.35. The smallest absolute Gasteiger partial charge is 0.224 e. The van der Waals surface area contributed by atoms with Gasteiger partial charge in [-0.2, -0.15) is 0 Å². The highest BCUT2D eigenvalue weighted by atomic mass is 16.5. The molecule has 0 aromatic heterocycles. The van der Waals surface area contributed by atoms with E-state index in [9.17, 15) is 4.79 Å². The third-order valence-electron chi connectivity index (χ3n) is 3.47. The zero-order valence-electron chi connectivity index (χ0n) is 11.2. The van der Waals surface area contributed by atoms with Crippen LogP contribution in [0.5, 0.6) is 0 Å². The number of para-hydroxylation sites is 1. The van der Waals surface area contributed by atoms with Gasteiger partial charge in [-0.25, -0.2) is 0 Å². The van der Waals surface area contributed by atoms with E-state index in [1.165, 1.54) is 0 Å². The number of rotatable bonds is 3. The van der Waals surface area contributed by atoms with E-state index >= 15 is 0 Å². The van der Waals surface area contributed by atoms with Crippen molar-refractivity contribution >= 4 is 11.6 Å². The number of benzene rings is 1. The van der Waals surface area contributed by atoms with Gasteiger partial charge in [0, 0.05) is 25.3 Å². The number of nitrogens with one attached hydrogen (secondary N) is 1. The first-order valence-electron chi connectivity index (χ1n) is 6.60. The summed E-state index contributed by atoms with van der Waals surface area (Å²) in [6.07, 6.45) is 2.73. The Labute approximate surface area is 109 Å². The van der Waals surface area contributed by atoms with Gasteiger partial charge >= 0.3 is 0 Å². The van der Waals surface area contributed by atoms with Gasteiger partial charge in [-0.05, 0) is 43.7 Å². The van der Waals surface area contributed by atoms with Crippen molar-refractivity contribution in [2.75, 3.05) is 18.5 Å². The summed E-state index contributed by atoms with van der Waals surface area (Å²) in [6.45, 7) is 5.61. The molecule has 1 amide bonds. The molecule has 18 heavy (non-hydrogen) atoms. The lowest BCUT2D eigenvalue weighted by atomic mass is 9.98. The molecule has 3 nitrogen and oxygen atoms in total. The maximum absolute atomic E-state index is 12.0. The maximum Gasteiger partial charge on any atom is 0.224 e. The molecule has 1 atom stereocenters. The Morgan fingerprint density at radius 2 is 2.11 bits per heavy atom. The summed E-state index contributed by atoms with van der Waals surface area (Å²) in [6, 6.07) is 6.05. The van der Waals surface area contributed by atoms with E-state index in [1.807, 2.05) is 32.0 Å². The molecule has 1 aliphatic rings. The lowest BCUT2D eigenvalue weighted by Crippen LogP contribution is -2.24. The van der Waals surface area contributed by atoms with Gasteiger partial charge in [0.15, 0.2) is 0 Å². The van der Waals surface area contributed by atoms with E-state index in [0.717, 1.165) is 42.9 Å². The number of carbonyl (C=O) groups excluding carboxylic acids is 1. The minimum absolute atomic E-state index is 0.0999. The zero-order valence-corrected chi connectivity index (χ0v) is 11.2. The van der Waals surface area contributed by atoms with Crippen LogP contribution < -0.4 is 5.32 Å². The van der Waals surface area contributed by atoms with Crippen molar-refractivity contribution in [3.8, 4) is 0 Å². The van der Waals surface area contributed by atoms with Crippen LogP contribution in [0, 0.1) is 19.8 Å². The molecule has 0 bridgehead atoms. The molecule has 0 aliphatic carbocycles. The molecule has 98 valence electrons. The van der Waals surface area contributed by atoms with Crippen LogP contribution in [0.15, 0.2) is 18.2 Å². The second kappa shape index (κ2) is 6.01. The molecule has 1 fully saturated rings. The molecule has 1 heterocycles. The Hall–Kier alpha value is -1.35. The minimum atomic E-state index is 0.0999. The molecule has 1 aromatic carbocycles. The van der Waals surface area contributed by atoms with Crippen molar-refractivity contribution in [1.29, 1.82) is 0 Å². The topological polar surface area (TPSA) is 38.3 Å². The number of aryl methyl sites for hydroxylation is 2. The monoisotopic (exact) mass is 247 g/mol.